The molecule has 0 radical (unpaired) electrons. The molecule has 106 valence electrons. The Morgan fingerprint density at radius 3 is 2.52 bits per heavy atom. The summed E-state index contributed by atoms with van der Waals surface area (Å²) in [5.74, 6) is 0. The Bertz CT molecular complexity index is 774. The number of nitrogens with zero attached hydrogens (tertiary/aromatic N) is 6. The van der Waals surface area contributed by atoms with E-state index in [0.717, 1.165) is 21.8 Å². The third-order valence-corrected chi connectivity index (χ3v) is 4.43. The van der Waals surface area contributed by atoms with Crippen LogP contribution >= 0.6 is 23.4 Å². The first-order valence-electron chi connectivity index (χ1n) is 6.18. The molecule has 0 aliphatic rings. The second-order valence-corrected chi connectivity index (χ2v) is 5.67. The number of para-hydroxylation sites is 1. The van der Waals surface area contributed by atoms with Gasteiger partial charge in [-0.1, -0.05) is 29.8 Å². The molecule has 8 heteroatoms. The van der Waals surface area contributed by atoms with Crippen LogP contribution in [0.4, 0.5) is 0 Å². The van der Waals surface area contributed by atoms with E-state index in [2.05, 4.69) is 25.7 Å². The fraction of sp³-hybridized carbons (Fsp3) is 0.154. The largest absolute Gasteiger partial charge is 0.220 e. The molecule has 3 rings (SSSR count). The van der Waals surface area contributed by atoms with E-state index < -0.39 is 0 Å². The average molecular weight is 319 g/mol. The van der Waals surface area contributed by atoms with Gasteiger partial charge in [-0.15, -0.1) is 15.3 Å². The minimum absolute atomic E-state index is 0.416. The van der Waals surface area contributed by atoms with E-state index in [4.69, 9.17) is 11.6 Å². The van der Waals surface area contributed by atoms with Gasteiger partial charge in [0.15, 0.2) is 5.15 Å². The van der Waals surface area contributed by atoms with Crippen LogP contribution in [0, 0.1) is 13.8 Å². The van der Waals surface area contributed by atoms with E-state index in [-0.39, 0.29) is 0 Å². The van der Waals surface area contributed by atoms with Crippen molar-refractivity contribution in [1.82, 2.24) is 30.4 Å². The number of rotatable bonds is 3. The first kappa shape index (κ1) is 14.0. The van der Waals surface area contributed by atoms with Crippen molar-refractivity contribution >= 4 is 23.4 Å². The number of halogens is 1. The SMILES string of the molecule is Cc1c(Cl)nnc(Sc2nnnn2-c2ccccc2)c1C. The Morgan fingerprint density at radius 1 is 1.00 bits per heavy atom. The standard InChI is InChI=1S/C13H11ClN6S/c1-8-9(2)12(16-15-11(8)14)21-13-17-18-19-20(13)10-6-4-3-5-7-10/h3-7H,1-2H3. The molecule has 0 saturated heterocycles. The second-order valence-electron chi connectivity index (χ2n) is 4.36. The lowest BCUT2D eigenvalue weighted by atomic mass is 10.2. The lowest BCUT2D eigenvalue weighted by molar-refractivity contribution is 0.754. The number of hydrogen-bond donors (Lipinski definition) is 0. The Hall–Kier alpha value is -1.99. The summed E-state index contributed by atoms with van der Waals surface area (Å²) in [7, 11) is 0. The molecule has 6 nitrogen and oxygen atoms in total. The summed E-state index contributed by atoms with van der Waals surface area (Å²) in [6.45, 7) is 3.87. The van der Waals surface area contributed by atoms with Crippen LogP contribution in [0.5, 0.6) is 0 Å². The third kappa shape index (κ3) is 2.74. The molecule has 0 N–H and O–H groups in total. The highest BCUT2D eigenvalue weighted by atomic mass is 35.5. The van der Waals surface area contributed by atoms with E-state index in [1.165, 1.54) is 11.8 Å². The molecular formula is C13H11ClN6S. The van der Waals surface area contributed by atoms with Crippen LogP contribution in [-0.2, 0) is 0 Å². The van der Waals surface area contributed by atoms with Gasteiger partial charge in [0.25, 0.3) is 0 Å². The lowest BCUT2D eigenvalue weighted by Gasteiger charge is -2.07. The molecule has 0 atom stereocenters. The Balaban J connectivity index is 1.98. The highest BCUT2D eigenvalue weighted by molar-refractivity contribution is 7.99. The molecular weight excluding hydrogens is 308 g/mol. The van der Waals surface area contributed by atoms with Gasteiger partial charge in [-0.3, -0.25) is 0 Å². The van der Waals surface area contributed by atoms with Crippen molar-refractivity contribution in [2.45, 2.75) is 24.0 Å². The zero-order valence-electron chi connectivity index (χ0n) is 11.4. The van der Waals surface area contributed by atoms with Gasteiger partial charge in [0.2, 0.25) is 5.16 Å². The molecule has 0 saturated carbocycles. The molecule has 0 amide bonds. The Labute approximate surface area is 130 Å². The van der Waals surface area contributed by atoms with Crippen LogP contribution in [0.3, 0.4) is 0 Å². The fourth-order valence-electron chi connectivity index (χ4n) is 1.71. The van der Waals surface area contributed by atoms with Crippen LogP contribution in [0.1, 0.15) is 11.1 Å². The summed E-state index contributed by atoms with van der Waals surface area (Å²) in [5, 5.41) is 21.6. The van der Waals surface area contributed by atoms with Crippen LogP contribution in [0.2, 0.25) is 5.15 Å². The molecule has 2 heterocycles. The number of hydrogen-bond acceptors (Lipinski definition) is 6. The molecule has 2 aromatic heterocycles. The Morgan fingerprint density at radius 2 is 1.76 bits per heavy atom. The Kier molecular flexibility index (Phi) is 3.85. The van der Waals surface area contributed by atoms with Gasteiger partial charge < -0.3 is 0 Å². The fourth-order valence-corrected chi connectivity index (χ4v) is 2.76. The maximum atomic E-state index is 5.97. The van der Waals surface area contributed by atoms with Crippen molar-refractivity contribution in [3.05, 3.63) is 46.6 Å². The highest BCUT2D eigenvalue weighted by Crippen LogP contribution is 2.30. The molecule has 0 unspecified atom stereocenters. The van der Waals surface area contributed by atoms with Crippen molar-refractivity contribution in [1.29, 1.82) is 0 Å². The van der Waals surface area contributed by atoms with Gasteiger partial charge in [0.05, 0.1) is 5.69 Å². The van der Waals surface area contributed by atoms with Crippen molar-refractivity contribution in [3.63, 3.8) is 0 Å². The maximum absolute atomic E-state index is 5.97. The van der Waals surface area contributed by atoms with Gasteiger partial charge in [0, 0.05) is 0 Å². The summed E-state index contributed by atoms with van der Waals surface area (Å²) in [6.07, 6.45) is 0. The minimum atomic E-state index is 0.416. The van der Waals surface area contributed by atoms with Crippen LogP contribution in [0.15, 0.2) is 40.5 Å². The van der Waals surface area contributed by atoms with Crippen molar-refractivity contribution < 1.29 is 0 Å². The topological polar surface area (TPSA) is 69.4 Å². The number of aromatic nitrogens is 6. The van der Waals surface area contributed by atoms with Crippen molar-refractivity contribution in [2.75, 3.05) is 0 Å². The van der Waals surface area contributed by atoms with Crippen molar-refractivity contribution in [3.8, 4) is 5.69 Å². The van der Waals surface area contributed by atoms with Gasteiger partial charge in [0.1, 0.15) is 5.03 Å². The summed E-state index contributed by atoms with van der Waals surface area (Å²) in [4.78, 5) is 0. The summed E-state index contributed by atoms with van der Waals surface area (Å²) < 4.78 is 1.66. The predicted molar refractivity (Wildman–Crippen MR) is 79.8 cm³/mol. The van der Waals surface area contributed by atoms with E-state index >= 15 is 0 Å². The van der Waals surface area contributed by atoms with Gasteiger partial charge >= 0.3 is 0 Å². The van der Waals surface area contributed by atoms with Crippen LogP contribution in [0.25, 0.3) is 5.69 Å². The normalized spacial score (nSPS) is 10.8. The third-order valence-electron chi connectivity index (χ3n) is 3.05. The first-order chi connectivity index (χ1) is 10.2. The van der Waals surface area contributed by atoms with Gasteiger partial charge in [-0.05, 0) is 59.3 Å². The predicted octanol–water partition coefficient (Wildman–Crippen LogP) is 2.87. The van der Waals surface area contributed by atoms with Crippen LogP contribution < -0.4 is 0 Å². The molecule has 21 heavy (non-hydrogen) atoms. The minimum Gasteiger partial charge on any atom is -0.187 e. The number of benzene rings is 1. The van der Waals surface area contributed by atoms with E-state index in [0.29, 0.717) is 10.3 Å². The summed E-state index contributed by atoms with van der Waals surface area (Å²) in [6, 6.07) is 9.68. The molecule has 0 bridgehead atoms. The molecule has 0 aliphatic heterocycles. The van der Waals surface area contributed by atoms with E-state index in [1.807, 2.05) is 44.2 Å². The first-order valence-corrected chi connectivity index (χ1v) is 7.37. The smallest absolute Gasteiger partial charge is 0.187 e. The number of tetrazole rings is 1. The van der Waals surface area contributed by atoms with Gasteiger partial charge in [-0.2, -0.15) is 4.68 Å². The monoisotopic (exact) mass is 318 g/mol. The molecule has 1 aromatic carbocycles. The van der Waals surface area contributed by atoms with Crippen LogP contribution in [-0.4, -0.2) is 30.4 Å². The summed E-state index contributed by atoms with van der Waals surface area (Å²) >= 11 is 7.33. The van der Waals surface area contributed by atoms with E-state index in [9.17, 15) is 0 Å². The lowest BCUT2D eigenvalue weighted by Crippen LogP contribution is -2.00. The molecule has 3 aromatic rings. The quantitative estimate of drug-likeness (QED) is 0.739. The molecule has 0 aliphatic carbocycles. The van der Waals surface area contributed by atoms with E-state index in [1.54, 1.807) is 4.68 Å². The maximum Gasteiger partial charge on any atom is 0.220 e. The summed E-state index contributed by atoms with van der Waals surface area (Å²) in [5.41, 5.74) is 2.77. The van der Waals surface area contributed by atoms with Crippen molar-refractivity contribution in [2.24, 2.45) is 0 Å². The zero-order chi connectivity index (χ0) is 14.8. The highest BCUT2D eigenvalue weighted by Gasteiger charge is 2.15. The zero-order valence-corrected chi connectivity index (χ0v) is 12.9. The van der Waals surface area contributed by atoms with Gasteiger partial charge in [-0.25, -0.2) is 0 Å². The molecule has 0 fully saturated rings. The average Bonchev–Trinajstić information content (AvgIpc) is 2.97. The molecule has 0 spiro atoms. The second kappa shape index (κ2) is 5.79.